The lowest BCUT2D eigenvalue weighted by Gasteiger charge is -2.26. The summed E-state index contributed by atoms with van der Waals surface area (Å²) < 4.78 is 11.3. The SMILES string of the molecule is COc1ccc2c(c1)C(=O)N(CCC1(c3cc4nc(Nc5cccnc5)ccc4o3)NC(=O)NC1=O)C2. The topological polar surface area (TPSA) is 139 Å². The van der Waals surface area contributed by atoms with Crippen molar-refractivity contribution in [2.45, 2.75) is 18.5 Å². The first-order chi connectivity index (χ1) is 17.9. The zero-order valence-electron chi connectivity index (χ0n) is 19.8. The van der Waals surface area contributed by atoms with Gasteiger partial charge in [-0.05, 0) is 42.0 Å². The van der Waals surface area contributed by atoms with Crippen molar-refractivity contribution in [2.75, 3.05) is 19.0 Å². The molecule has 0 aliphatic carbocycles. The second-order valence-corrected chi connectivity index (χ2v) is 8.87. The van der Waals surface area contributed by atoms with Gasteiger partial charge < -0.3 is 24.7 Å². The van der Waals surface area contributed by atoms with Crippen molar-refractivity contribution >= 4 is 40.5 Å². The van der Waals surface area contributed by atoms with Crippen molar-refractivity contribution in [3.8, 4) is 5.75 Å². The molecule has 2 aliphatic heterocycles. The van der Waals surface area contributed by atoms with Gasteiger partial charge in [0, 0.05) is 37.3 Å². The van der Waals surface area contributed by atoms with Crippen LogP contribution >= 0.6 is 0 Å². The van der Waals surface area contributed by atoms with Crippen LogP contribution < -0.4 is 20.7 Å². The van der Waals surface area contributed by atoms with Gasteiger partial charge in [-0.15, -0.1) is 0 Å². The van der Waals surface area contributed by atoms with E-state index in [0.29, 0.717) is 34.8 Å². The van der Waals surface area contributed by atoms with E-state index in [1.165, 1.54) is 0 Å². The number of nitrogens with one attached hydrogen (secondary N) is 3. The highest BCUT2D eigenvalue weighted by Gasteiger charge is 2.50. The molecule has 11 heteroatoms. The van der Waals surface area contributed by atoms with Gasteiger partial charge in [0.2, 0.25) is 0 Å². The number of imide groups is 1. The van der Waals surface area contributed by atoms with Gasteiger partial charge in [0.25, 0.3) is 11.8 Å². The fourth-order valence-electron chi connectivity index (χ4n) is 4.70. The lowest BCUT2D eigenvalue weighted by atomic mass is 9.92. The summed E-state index contributed by atoms with van der Waals surface area (Å²) in [6, 6.07) is 13.5. The van der Waals surface area contributed by atoms with Gasteiger partial charge in [0.05, 0.1) is 19.0 Å². The largest absolute Gasteiger partial charge is 0.497 e. The summed E-state index contributed by atoms with van der Waals surface area (Å²) >= 11 is 0. The van der Waals surface area contributed by atoms with E-state index in [9.17, 15) is 14.4 Å². The molecule has 3 aromatic heterocycles. The van der Waals surface area contributed by atoms with E-state index >= 15 is 0 Å². The smallest absolute Gasteiger partial charge is 0.322 e. The van der Waals surface area contributed by atoms with E-state index in [-0.39, 0.29) is 24.6 Å². The molecule has 1 saturated heterocycles. The number of pyridine rings is 2. The maximum atomic E-state index is 13.1. The van der Waals surface area contributed by atoms with Crippen molar-refractivity contribution < 1.29 is 23.5 Å². The van der Waals surface area contributed by atoms with Gasteiger partial charge in [-0.2, -0.15) is 0 Å². The zero-order chi connectivity index (χ0) is 25.6. The normalized spacial score (nSPS) is 18.6. The number of aromatic nitrogens is 2. The number of fused-ring (bicyclic) bond motifs is 2. The molecular weight excluding hydrogens is 476 g/mol. The fourth-order valence-corrected chi connectivity index (χ4v) is 4.70. The molecule has 3 N–H and O–H groups in total. The molecule has 0 radical (unpaired) electrons. The van der Waals surface area contributed by atoms with Crippen molar-refractivity contribution in [3.05, 3.63) is 77.8 Å². The molecule has 0 bridgehead atoms. The number of furan rings is 1. The number of rotatable bonds is 7. The molecule has 0 spiro atoms. The van der Waals surface area contributed by atoms with Crippen molar-refractivity contribution in [3.63, 3.8) is 0 Å². The van der Waals surface area contributed by atoms with Crippen LogP contribution in [-0.4, -0.2) is 46.4 Å². The van der Waals surface area contributed by atoms with E-state index in [2.05, 4.69) is 25.9 Å². The number of urea groups is 1. The van der Waals surface area contributed by atoms with Gasteiger partial charge in [0.1, 0.15) is 22.8 Å². The lowest BCUT2D eigenvalue weighted by Crippen LogP contribution is -2.46. The number of methoxy groups -OCH3 is 1. The Kier molecular flexibility index (Phi) is 5.25. The summed E-state index contributed by atoms with van der Waals surface area (Å²) in [5.74, 6) is 0.697. The Hall–Kier alpha value is -4.93. The predicted octanol–water partition coefficient (Wildman–Crippen LogP) is 3.06. The van der Waals surface area contributed by atoms with E-state index in [4.69, 9.17) is 9.15 Å². The van der Waals surface area contributed by atoms with E-state index in [1.807, 2.05) is 18.2 Å². The molecule has 186 valence electrons. The molecule has 37 heavy (non-hydrogen) atoms. The number of hydrogen-bond donors (Lipinski definition) is 3. The van der Waals surface area contributed by atoms with Crippen LogP contribution in [-0.2, 0) is 16.9 Å². The van der Waals surface area contributed by atoms with E-state index < -0.39 is 17.5 Å². The number of benzene rings is 1. The van der Waals surface area contributed by atoms with Crippen LogP contribution in [0.1, 0.15) is 28.1 Å². The molecule has 5 heterocycles. The Morgan fingerprint density at radius 1 is 1.16 bits per heavy atom. The molecule has 4 amide bonds. The summed E-state index contributed by atoms with van der Waals surface area (Å²) in [6.07, 6.45) is 3.46. The van der Waals surface area contributed by atoms with Crippen LogP contribution in [0.4, 0.5) is 16.3 Å². The molecule has 2 aliphatic rings. The Labute approximate surface area is 210 Å². The third-order valence-electron chi connectivity index (χ3n) is 6.62. The maximum Gasteiger partial charge on any atom is 0.322 e. The summed E-state index contributed by atoms with van der Waals surface area (Å²) in [5.41, 5.74) is 1.69. The van der Waals surface area contributed by atoms with E-state index in [1.54, 1.807) is 54.7 Å². The first kappa shape index (κ1) is 22.5. The van der Waals surface area contributed by atoms with Crippen LogP contribution in [0.5, 0.6) is 5.75 Å². The molecule has 1 unspecified atom stereocenters. The number of carbonyl (C=O) groups is 3. The summed E-state index contributed by atoms with van der Waals surface area (Å²) in [4.78, 5) is 48.6. The fraction of sp³-hybridized carbons (Fsp3) is 0.192. The number of carbonyl (C=O) groups excluding carboxylic acids is 3. The minimum atomic E-state index is -1.48. The quantitative estimate of drug-likeness (QED) is 0.331. The highest BCUT2D eigenvalue weighted by Crippen LogP contribution is 2.35. The Balaban J connectivity index is 1.27. The van der Waals surface area contributed by atoms with Crippen molar-refractivity contribution in [1.29, 1.82) is 0 Å². The summed E-state index contributed by atoms with van der Waals surface area (Å²) in [5, 5.41) is 8.20. The molecule has 6 rings (SSSR count). The molecule has 1 aromatic carbocycles. The number of anilines is 2. The van der Waals surface area contributed by atoms with Crippen LogP contribution in [0.25, 0.3) is 11.1 Å². The number of hydrogen-bond acceptors (Lipinski definition) is 8. The average molecular weight is 498 g/mol. The molecule has 0 saturated carbocycles. The highest BCUT2D eigenvalue weighted by atomic mass is 16.5. The number of ether oxygens (including phenoxy) is 1. The second kappa shape index (κ2) is 8.63. The van der Waals surface area contributed by atoms with Gasteiger partial charge in [0.15, 0.2) is 11.1 Å². The minimum absolute atomic E-state index is 0.113. The third-order valence-corrected chi connectivity index (χ3v) is 6.62. The van der Waals surface area contributed by atoms with Crippen LogP contribution in [0.15, 0.2) is 65.3 Å². The Bertz CT molecular complexity index is 1550. The lowest BCUT2D eigenvalue weighted by molar-refractivity contribution is -0.125. The summed E-state index contributed by atoms with van der Waals surface area (Å²) in [6.45, 7) is 0.608. The molecular formula is C26H22N6O5. The first-order valence-corrected chi connectivity index (χ1v) is 11.6. The van der Waals surface area contributed by atoms with Crippen molar-refractivity contribution in [2.24, 2.45) is 0 Å². The highest BCUT2D eigenvalue weighted by molar-refractivity contribution is 6.07. The molecule has 1 atom stereocenters. The zero-order valence-corrected chi connectivity index (χ0v) is 19.8. The van der Waals surface area contributed by atoms with Crippen LogP contribution in [0.2, 0.25) is 0 Å². The number of amides is 4. The van der Waals surface area contributed by atoms with Gasteiger partial charge in [-0.25, -0.2) is 9.78 Å². The maximum absolute atomic E-state index is 13.1. The number of nitrogens with zero attached hydrogens (tertiary/aromatic N) is 3. The van der Waals surface area contributed by atoms with Crippen LogP contribution in [0.3, 0.4) is 0 Å². The second-order valence-electron chi connectivity index (χ2n) is 8.87. The monoisotopic (exact) mass is 498 g/mol. The van der Waals surface area contributed by atoms with Gasteiger partial charge in [-0.3, -0.25) is 19.9 Å². The molecule has 1 fully saturated rings. The Morgan fingerprint density at radius 3 is 2.81 bits per heavy atom. The standard InChI is InChI=1S/C26H22N6O5/c1-36-17-5-4-15-14-32(23(33)18(15)11-17)10-8-26(24(34)30-25(35)31-26)21-12-19-20(37-21)6-7-22(29-19)28-16-3-2-9-27-13-16/h2-7,9,11-13H,8,10,14H2,1H3,(H,28,29)(H2,30,31,34,35). The first-order valence-electron chi connectivity index (χ1n) is 11.6. The Morgan fingerprint density at radius 2 is 2.05 bits per heavy atom. The van der Waals surface area contributed by atoms with E-state index in [0.717, 1.165) is 11.3 Å². The summed E-state index contributed by atoms with van der Waals surface area (Å²) in [7, 11) is 1.55. The average Bonchev–Trinajstić information content (AvgIpc) is 3.56. The molecule has 4 aromatic rings. The minimum Gasteiger partial charge on any atom is -0.497 e. The van der Waals surface area contributed by atoms with Gasteiger partial charge in [-0.1, -0.05) is 6.07 Å². The van der Waals surface area contributed by atoms with Gasteiger partial charge >= 0.3 is 6.03 Å². The third kappa shape index (κ3) is 3.90. The van der Waals surface area contributed by atoms with Crippen LogP contribution in [0, 0.1) is 0 Å². The molecule has 11 nitrogen and oxygen atoms in total. The van der Waals surface area contributed by atoms with Crippen molar-refractivity contribution in [1.82, 2.24) is 25.5 Å². The predicted molar refractivity (Wildman–Crippen MR) is 132 cm³/mol.